The van der Waals surface area contributed by atoms with Crippen molar-refractivity contribution in [3.8, 4) is 0 Å². The molecule has 1 fully saturated rings. The van der Waals surface area contributed by atoms with Crippen molar-refractivity contribution in [1.82, 2.24) is 4.31 Å². The first-order chi connectivity index (χ1) is 6.28. The summed E-state index contributed by atoms with van der Waals surface area (Å²) in [6.07, 6.45) is 0.394. The normalized spacial score (nSPS) is 26.9. The zero-order valence-electron chi connectivity index (χ0n) is 7.68. The Morgan fingerprint density at radius 1 is 1.50 bits per heavy atom. The first-order valence-corrected chi connectivity index (χ1v) is 8.56. The lowest BCUT2D eigenvalue weighted by Gasteiger charge is -2.21. The van der Waals surface area contributed by atoms with Gasteiger partial charge in [-0.3, -0.25) is 0 Å². The number of hydrogen-bond donors (Lipinski definition) is 0. The van der Waals surface area contributed by atoms with Crippen molar-refractivity contribution >= 4 is 35.8 Å². The molecule has 0 aliphatic carbocycles. The van der Waals surface area contributed by atoms with Gasteiger partial charge >= 0.3 is 0 Å². The second kappa shape index (κ2) is 4.07. The summed E-state index contributed by atoms with van der Waals surface area (Å²) in [7, 11) is -4.96. The summed E-state index contributed by atoms with van der Waals surface area (Å²) < 4.78 is 46.0. The van der Waals surface area contributed by atoms with E-state index in [0.29, 0.717) is 6.42 Å². The van der Waals surface area contributed by atoms with Crippen molar-refractivity contribution in [3.63, 3.8) is 0 Å². The molecule has 0 aromatic rings. The molecule has 0 saturated carbocycles. The zero-order chi connectivity index (χ0) is 11.0. The number of hydrogen-bond acceptors (Lipinski definition) is 4. The largest absolute Gasteiger partial charge is 0.229 e. The zero-order valence-corrected chi connectivity index (χ0v) is 10.9. The van der Waals surface area contributed by atoms with E-state index in [4.69, 9.17) is 0 Å². The molecule has 8 heteroatoms. The molecule has 0 amide bonds. The smallest absolute Gasteiger partial charge is 0.224 e. The quantitative estimate of drug-likeness (QED) is 0.676. The Labute approximate surface area is 92.6 Å². The third-order valence-corrected chi connectivity index (χ3v) is 7.24. The van der Waals surface area contributed by atoms with Crippen molar-refractivity contribution < 1.29 is 16.8 Å². The van der Waals surface area contributed by atoms with Crippen LogP contribution >= 0.6 is 15.9 Å². The molecular formula is C6H12BrNO4S2. The second-order valence-corrected chi connectivity index (χ2v) is 8.85. The van der Waals surface area contributed by atoms with Crippen LogP contribution in [0.4, 0.5) is 0 Å². The van der Waals surface area contributed by atoms with Crippen LogP contribution in [0.15, 0.2) is 0 Å². The Hall–Kier alpha value is 0.340. The van der Waals surface area contributed by atoms with Gasteiger partial charge in [0.15, 0.2) is 9.84 Å². The average Bonchev–Trinajstić information content (AvgIpc) is 2.44. The molecule has 0 N–H and O–H groups in total. The Balaban J connectivity index is 2.79. The lowest BCUT2D eigenvalue weighted by Crippen LogP contribution is -2.38. The highest BCUT2D eigenvalue weighted by atomic mass is 79.9. The molecule has 1 saturated heterocycles. The first-order valence-electron chi connectivity index (χ1n) is 4.00. The van der Waals surface area contributed by atoms with Gasteiger partial charge in [-0.05, 0) is 6.42 Å². The van der Waals surface area contributed by atoms with E-state index >= 15 is 0 Å². The van der Waals surface area contributed by atoms with Crippen LogP contribution in [0, 0.1) is 0 Å². The molecule has 0 bridgehead atoms. The molecule has 1 aliphatic heterocycles. The third-order valence-electron chi connectivity index (χ3n) is 2.30. The molecule has 0 aromatic heterocycles. The monoisotopic (exact) mass is 305 g/mol. The van der Waals surface area contributed by atoms with E-state index in [1.54, 1.807) is 0 Å². The van der Waals surface area contributed by atoms with Crippen molar-refractivity contribution in [2.24, 2.45) is 0 Å². The molecule has 0 aromatic carbocycles. The summed E-state index contributed by atoms with van der Waals surface area (Å²) in [5.74, 6) is 0.0234. The minimum Gasteiger partial charge on any atom is -0.229 e. The summed E-state index contributed by atoms with van der Waals surface area (Å²) in [5, 5.41) is 0. The first kappa shape index (κ1) is 12.4. The van der Waals surface area contributed by atoms with Gasteiger partial charge in [-0.15, -0.1) is 0 Å². The fourth-order valence-electron chi connectivity index (χ4n) is 1.37. The van der Waals surface area contributed by atoms with Gasteiger partial charge in [0, 0.05) is 13.1 Å². The highest BCUT2D eigenvalue weighted by Gasteiger charge is 2.35. The maximum absolute atomic E-state index is 11.4. The lowest BCUT2D eigenvalue weighted by atomic mass is 10.3. The van der Waals surface area contributed by atoms with Gasteiger partial charge < -0.3 is 0 Å². The van der Waals surface area contributed by atoms with Crippen molar-refractivity contribution in [3.05, 3.63) is 0 Å². The molecule has 1 atom stereocenters. The summed E-state index contributed by atoms with van der Waals surface area (Å²) in [5.41, 5.74) is 0. The Morgan fingerprint density at radius 2 is 2.07 bits per heavy atom. The fraction of sp³-hybridized carbons (Fsp3) is 1.00. The molecule has 1 rings (SSSR count). The minimum atomic E-state index is -3.35. The van der Waals surface area contributed by atoms with Crippen LogP contribution in [0.5, 0.6) is 0 Å². The number of sulfone groups is 1. The number of alkyl halides is 1. The van der Waals surface area contributed by atoms with Gasteiger partial charge in [0.25, 0.3) is 0 Å². The maximum Gasteiger partial charge on any atom is 0.224 e. The van der Waals surface area contributed by atoms with Crippen LogP contribution in [-0.4, -0.2) is 50.4 Å². The van der Waals surface area contributed by atoms with Gasteiger partial charge in [0.1, 0.15) is 4.66 Å². The van der Waals surface area contributed by atoms with Crippen LogP contribution in [0.2, 0.25) is 0 Å². The predicted octanol–water partition coefficient (Wildman–Crippen LogP) is -0.212. The summed E-state index contributed by atoms with van der Waals surface area (Å²) >= 11 is 2.87. The topological polar surface area (TPSA) is 71.5 Å². The number of halogens is 1. The molecule has 5 nitrogen and oxygen atoms in total. The van der Waals surface area contributed by atoms with E-state index in [9.17, 15) is 16.8 Å². The Morgan fingerprint density at radius 3 is 2.43 bits per heavy atom. The number of nitrogens with zero attached hydrogens (tertiary/aromatic N) is 1. The van der Waals surface area contributed by atoms with Crippen LogP contribution < -0.4 is 0 Å². The van der Waals surface area contributed by atoms with E-state index in [-0.39, 0.29) is 16.2 Å². The third kappa shape index (κ3) is 2.68. The van der Waals surface area contributed by atoms with E-state index in [1.807, 2.05) is 0 Å². The Kier molecular flexibility index (Phi) is 3.61. The highest BCUT2D eigenvalue weighted by Crippen LogP contribution is 2.19. The van der Waals surface area contributed by atoms with Gasteiger partial charge in [-0.1, -0.05) is 15.9 Å². The minimum absolute atomic E-state index is 0.0598. The van der Waals surface area contributed by atoms with Gasteiger partial charge in [0.2, 0.25) is 10.0 Å². The lowest BCUT2D eigenvalue weighted by molar-refractivity contribution is 0.397. The average molecular weight is 306 g/mol. The van der Waals surface area contributed by atoms with E-state index in [2.05, 4.69) is 15.9 Å². The van der Waals surface area contributed by atoms with Crippen LogP contribution in [0.3, 0.4) is 0 Å². The number of rotatable bonds is 3. The molecule has 0 radical (unpaired) electrons. The summed E-state index contributed by atoms with van der Waals surface area (Å²) in [6.45, 7) is 0. The number of sulfonamides is 1. The van der Waals surface area contributed by atoms with Crippen LogP contribution in [0.25, 0.3) is 0 Å². The van der Waals surface area contributed by atoms with Gasteiger partial charge in [0.05, 0.1) is 11.5 Å². The molecular weight excluding hydrogens is 294 g/mol. The summed E-state index contributed by atoms with van der Waals surface area (Å²) in [6, 6.07) is -0.400. The van der Waals surface area contributed by atoms with Crippen molar-refractivity contribution in [2.75, 3.05) is 23.2 Å². The van der Waals surface area contributed by atoms with Crippen molar-refractivity contribution in [1.29, 1.82) is 0 Å². The maximum atomic E-state index is 11.4. The highest BCUT2D eigenvalue weighted by molar-refractivity contribution is 9.10. The predicted molar refractivity (Wildman–Crippen MR) is 57.5 cm³/mol. The molecule has 1 aliphatic rings. The molecule has 1 heterocycles. The summed E-state index contributed by atoms with van der Waals surface area (Å²) in [4.78, 5) is 0. The van der Waals surface area contributed by atoms with Gasteiger partial charge in [-0.2, -0.15) is 0 Å². The SMILES string of the molecule is CN(C1CCS(=O)(=O)C1)S(=O)(=O)CBr. The van der Waals surface area contributed by atoms with Crippen LogP contribution in [-0.2, 0) is 19.9 Å². The molecule has 0 spiro atoms. The van der Waals surface area contributed by atoms with Crippen molar-refractivity contribution in [2.45, 2.75) is 12.5 Å². The fourth-order valence-corrected chi connectivity index (χ4v) is 4.99. The van der Waals surface area contributed by atoms with E-state index in [1.165, 1.54) is 7.05 Å². The molecule has 1 unspecified atom stereocenters. The van der Waals surface area contributed by atoms with Gasteiger partial charge in [-0.25, -0.2) is 21.1 Å². The second-order valence-electron chi connectivity index (χ2n) is 3.29. The molecule has 84 valence electrons. The Bertz CT molecular complexity index is 402. The molecule has 14 heavy (non-hydrogen) atoms. The van der Waals surface area contributed by atoms with Crippen LogP contribution in [0.1, 0.15) is 6.42 Å². The standard InChI is InChI=1S/C6H12BrNO4S2/c1-8(14(11,12)5-7)6-2-3-13(9,10)4-6/h6H,2-5H2,1H3. The van der Waals surface area contributed by atoms with E-state index < -0.39 is 25.9 Å². The van der Waals surface area contributed by atoms with E-state index in [0.717, 1.165) is 4.31 Å².